The van der Waals surface area contributed by atoms with Gasteiger partial charge >= 0.3 is 5.97 Å². The topological polar surface area (TPSA) is 62.2 Å². The lowest BCUT2D eigenvalue weighted by molar-refractivity contribution is 0.0698. The summed E-state index contributed by atoms with van der Waals surface area (Å²) in [4.78, 5) is 14.9. The van der Waals surface area contributed by atoms with E-state index in [9.17, 15) is 9.18 Å². The van der Waals surface area contributed by atoms with Crippen molar-refractivity contribution < 1.29 is 14.3 Å². The molecule has 0 aliphatic heterocycles. The summed E-state index contributed by atoms with van der Waals surface area (Å²) in [5.74, 6) is -1.49. The SMILES string of the molecule is Cc1cc(Br)c(F)cc1Nc1cnccc1C(=O)O. The van der Waals surface area contributed by atoms with Crippen molar-refractivity contribution in [2.24, 2.45) is 0 Å². The number of carboxylic acids is 1. The van der Waals surface area contributed by atoms with Crippen molar-refractivity contribution in [1.29, 1.82) is 0 Å². The molecule has 19 heavy (non-hydrogen) atoms. The lowest BCUT2D eigenvalue weighted by Gasteiger charge is -2.12. The van der Waals surface area contributed by atoms with Gasteiger partial charge in [-0.2, -0.15) is 0 Å². The standard InChI is InChI=1S/C13H10BrFN2O2/c1-7-4-9(14)10(15)5-11(7)17-12-6-16-3-2-8(12)13(18)19/h2-6,17H,1H3,(H,18,19). The van der Waals surface area contributed by atoms with E-state index in [1.807, 2.05) is 0 Å². The van der Waals surface area contributed by atoms with E-state index < -0.39 is 11.8 Å². The molecule has 0 bridgehead atoms. The second-order valence-electron chi connectivity index (χ2n) is 3.93. The van der Waals surface area contributed by atoms with Crippen LogP contribution in [0, 0.1) is 12.7 Å². The number of halogens is 2. The normalized spacial score (nSPS) is 10.3. The van der Waals surface area contributed by atoms with E-state index in [0.717, 1.165) is 5.56 Å². The molecule has 2 N–H and O–H groups in total. The number of pyridine rings is 1. The molecule has 0 saturated heterocycles. The summed E-state index contributed by atoms with van der Waals surface area (Å²) in [7, 11) is 0. The lowest BCUT2D eigenvalue weighted by atomic mass is 10.1. The Morgan fingerprint density at radius 2 is 2.16 bits per heavy atom. The number of aromatic nitrogens is 1. The van der Waals surface area contributed by atoms with Gasteiger partial charge in [0.25, 0.3) is 0 Å². The molecule has 0 spiro atoms. The van der Waals surface area contributed by atoms with Gasteiger partial charge in [-0.15, -0.1) is 0 Å². The number of carboxylic acid groups (broad SMARTS) is 1. The summed E-state index contributed by atoms with van der Waals surface area (Å²) in [6.45, 7) is 1.79. The Bertz CT molecular complexity index is 647. The van der Waals surface area contributed by atoms with Gasteiger partial charge in [-0.3, -0.25) is 4.98 Å². The Hall–Kier alpha value is -1.95. The van der Waals surface area contributed by atoms with Crippen molar-refractivity contribution in [1.82, 2.24) is 4.98 Å². The molecule has 98 valence electrons. The minimum atomic E-state index is -1.07. The zero-order valence-corrected chi connectivity index (χ0v) is 11.5. The van der Waals surface area contributed by atoms with Gasteiger partial charge in [0.15, 0.2) is 0 Å². The Labute approximate surface area is 117 Å². The van der Waals surface area contributed by atoms with Crippen LogP contribution in [0.3, 0.4) is 0 Å². The molecule has 0 aliphatic rings. The molecule has 6 heteroatoms. The van der Waals surface area contributed by atoms with Gasteiger partial charge in [0.1, 0.15) is 5.82 Å². The van der Waals surface area contributed by atoms with E-state index in [2.05, 4.69) is 26.2 Å². The third kappa shape index (κ3) is 2.90. The molecule has 1 aromatic heterocycles. The average Bonchev–Trinajstić information content (AvgIpc) is 2.36. The van der Waals surface area contributed by atoms with Gasteiger partial charge in [0, 0.05) is 11.9 Å². The van der Waals surface area contributed by atoms with E-state index >= 15 is 0 Å². The van der Waals surface area contributed by atoms with Gasteiger partial charge in [-0.05, 0) is 46.6 Å². The molecule has 0 radical (unpaired) electrons. The Balaban J connectivity index is 2.42. The molecule has 0 saturated carbocycles. The maximum Gasteiger partial charge on any atom is 0.337 e. The molecule has 1 heterocycles. The highest BCUT2D eigenvalue weighted by Crippen LogP contribution is 2.27. The first-order chi connectivity index (χ1) is 8.99. The Morgan fingerprint density at radius 1 is 1.42 bits per heavy atom. The predicted octanol–water partition coefficient (Wildman–Crippen LogP) is 3.73. The smallest absolute Gasteiger partial charge is 0.337 e. The van der Waals surface area contributed by atoms with Crippen molar-refractivity contribution in [3.63, 3.8) is 0 Å². The highest BCUT2D eigenvalue weighted by molar-refractivity contribution is 9.10. The van der Waals surface area contributed by atoms with Crippen molar-refractivity contribution in [3.8, 4) is 0 Å². The zero-order chi connectivity index (χ0) is 14.0. The second-order valence-corrected chi connectivity index (χ2v) is 4.79. The molecule has 2 rings (SSSR count). The summed E-state index contributed by atoms with van der Waals surface area (Å²) in [5.41, 5.74) is 1.68. The molecule has 0 amide bonds. The highest BCUT2D eigenvalue weighted by atomic mass is 79.9. The van der Waals surface area contributed by atoms with Gasteiger partial charge in [0.2, 0.25) is 0 Å². The number of hydrogen-bond donors (Lipinski definition) is 2. The fourth-order valence-corrected chi connectivity index (χ4v) is 2.06. The highest BCUT2D eigenvalue weighted by Gasteiger charge is 2.12. The van der Waals surface area contributed by atoms with Crippen LogP contribution in [0.4, 0.5) is 15.8 Å². The molecule has 4 nitrogen and oxygen atoms in total. The molecule has 0 aliphatic carbocycles. The van der Waals surface area contributed by atoms with Crippen LogP contribution in [0.25, 0.3) is 0 Å². The number of anilines is 2. The first-order valence-corrected chi connectivity index (χ1v) is 6.18. The van der Waals surface area contributed by atoms with Crippen molar-refractivity contribution in [3.05, 3.63) is 52.0 Å². The summed E-state index contributed by atoms with van der Waals surface area (Å²) < 4.78 is 13.9. The number of rotatable bonds is 3. The first kappa shape index (κ1) is 13.5. The van der Waals surface area contributed by atoms with Crippen LogP contribution in [0.5, 0.6) is 0 Å². The van der Waals surface area contributed by atoms with Gasteiger partial charge in [-0.25, -0.2) is 9.18 Å². The third-order valence-corrected chi connectivity index (χ3v) is 3.20. The van der Waals surface area contributed by atoms with E-state index in [1.165, 1.54) is 24.5 Å². The summed E-state index contributed by atoms with van der Waals surface area (Å²) in [6, 6.07) is 4.31. The van der Waals surface area contributed by atoms with Crippen LogP contribution in [-0.2, 0) is 0 Å². The van der Waals surface area contributed by atoms with E-state index in [1.54, 1.807) is 13.0 Å². The van der Waals surface area contributed by atoms with Crippen LogP contribution in [0.1, 0.15) is 15.9 Å². The largest absolute Gasteiger partial charge is 0.478 e. The molecule has 2 aromatic rings. The van der Waals surface area contributed by atoms with Crippen LogP contribution in [0.2, 0.25) is 0 Å². The van der Waals surface area contributed by atoms with Crippen molar-refractivity contribution >= 4 is 33.3 Å². The molecule has 0 fully saturated rings. The molecule has 0 unspecified atom stereocenters. The maximum atomic E-state index is 13.5. The summed E-state index contributed by atoms with van der Waals surface area (Å²) >= 11 is 3.09. The molecular weight excluding hydrogens is 315 g/mol. The Morgan fingerprint density at radius 3 is 2.84 bits per heavy atom. The van der Waals surface area contributed by atoms with Crippen molar-refractivity contribution in [2.45, 2.75) is 6.92 Å². The molecule has 0 atom stereocenters. The predicted molar refractivity (Wildman–Crippen MR) is 73.3 cm³/mol. The first-order valence-electron chi connectivity index (χ1n) is 5.39. The fourth-order valence-electron chi connectivity index (χ4n) is 1.61. The fraction of sp³-hybridized carbons (Fsp3) is 0.0769. The molecule has 1 aromatic carbocycles. The number of carbonyl (C=O) groups is 1. The van der Waals surface area contributed by atoms with E-state index in [4.69, 9.17) is 5.11 Å². The van der Waals surface area contributed by atoms with Crippen LogP contribution >= 0.6 is 15.9 Å². The average molecular weight is 325 g/mol. The number of benzene rings is 1. The monoisotopic (exact) mass is 324 g/mol. The number of aromatic carboxylic acids is 1. The minimum absolute atomic E-state index is 0.0812. The van der Waals surface area contributed by atoms with Crippen LogP contribution < -0.4 is 5.32 Å². The van der Waals surface area contributed by atoms with Crippen LogP contribution in [-0.4, -0.2) is 16.1 Å². The van der Waals surface area contributed by atoms with E-state index in [-0.39, 0.29) is 5.56 Å². The van der Waals surface area contributed by atoms with Crippen LogP contribution in [0.15, 0.2) is 35.1 Å². The number of aryl methyl sites for hydroxylation is 1. The zero-order valence-electron chi connectivity index (χ0n) is 9.95. The number of nitrogens with zero attached hydrogens (tertiary/aromatic N) is 1. The lowest BCUT2D eigenvalue weighted by Crippen LogP contribution is -2.04. The number of nitrogens with one attached hydrogen (secondary N) is 1. The maximum absolute atomic E-state index is 13.5. The Kier molecular flexibility index (Phi) is 3.80. The summed E-state index contributed by atoms with van der Waals surface area (Å²) in [5, 5.41) is 11.9. The van der Waals surface area contributed by atoms with Gasteiger partial charge in [0.05, 0.1) is 21.9 Å². The third-order valence-electron chi connectivity index (χ3n) is 2.59. The van der Waals surface area contributed by atoms with Gasteiger partial charge in [-0.1, -0.05) is 0 Å². The quantitative estimate of drug-likeness (QED) is 0.902. The number of hydrogen-bond acceptors (Lipinski definition) is 3. The summed E-state index contributed by atoms with van der Waals surface area (Å²) in [6.07, 6.45) is 2.78. The minimum Gasteiger partial charge on any atom is -0.478 e. The van der Waals surface area contributed by atoms with Gasteiger partial charge < -0.3 is 10.4 Å². The second kappa shape index (κ2) is 5.36. The van der Waals surface area contributed by atoms with E-state index in [0.29, 0.717) is 15.8 Å². The van der Waals surface area contributed by atoms with Crippen molar-refractivity contribution in [2.75, 3.05) is 5.32 Å². The molecular formula is C13H10BrFN2O2.